The van der Waals surface area contributed by atoms with Gasteiger partial charge >= 0.3 is 0 Å². The van der Waals surface area contributed by atoms with Crippen LogP contribution in [0.3, 0.4) is 0 Å². The van der Waals surface area contributed by atoms with E-state index in [1.54, 1.807) is 6.07 Å². The molecule has 0 aliphatic rings. The molecule has 4 rings (SSSR count). The lowest BCUT2D eigenvalue weighted by Gasteiger charge is -2.18. The number of anilines is 2. The van der Waals surface area contributed by atoms with Gasteiger partial charge in [0.25, 0.3) is 5.56 Å². The first-order chi connectivity index (χ1) is 11.6. The van der Waals surface area contributed by atoms with Crippen molar-refractivity contribution < 1.29 is 0 Å². The number of para-hydroxylation sites is 1. The third-order valence-corrected chi connectivity index (χ3v) is 3.69. The van der Waals surface area contributed by atoms with E-state index in [2.05, 4.69) is 29.9 Å². The van der Waals surface area contributed by atoms with Gasteiger partial charge in [-0.15, -0.1) is 0 Å². The van der Waals surface area contributed by atoms with Gasteiger partial charge in [0.1, 0.15) is 11.3 Å². The molecule has 3 heterocycles. The van der Waals surface area contributed by atoms with Crippen molar-refractivity contribution in [2.45, 2.75) is 6.54 Å². The van der Waals surface area contributed by atoms with Crippen LogP contribution < -0.4 is 16.2 Å². The molecule has 0 saturated carbocycles. The standard InChI is InChI=1S/C15H14N8O/c1-23(13-11-12(18-7-17-11)21-15(16)22-13)6-10-19-9-5-3-2-4-8(9)14(24)20-10/h2-5,7H,6H2,1H3,(H,19,20,24)(H3,16,17,18,21,22). The quantitative estimate of drug-likeness (QED) is 0.509. The highest BCUT2D eigenvalue weighted by atomic mass is 16.1. The lowest BCUT2D eigenvalue weighted by molar-refractivity contribution is 0.828. The van der Waals surface area contributed by atoms with Crippen LogP contribution in [0.25, 0.3) is 22.1 Å². The molecule has 0 atom stereocenters. The van der Waals surface area contributed by atoms with Gasteiger partial charge < -0.3 is 20.6 Å². The molecule has 0 radical (unpaired) electrons. The third-order valence-electron chi connectivity index (χ3n) is 3.69. The zero-order valence-corrected chi connectivity index (χ0v) is 12.8. The van der Waals surface area contributed by atoms with E-state index in [0.29, 0.717) is 40.3 Å². The van der Waals surface area contributed by atoms with Crippen LogP contribution in [0.4, 0.5) is 11.8 Å². The maximum absolute atomic E-state index is 12.2. The van der Waals surface area contributed by atoms with Crippen molar-refractivity contribution >= 4 is 33.8 Å². The first-order valence-electron chi connectivity index (χ1n) is 7.27. The normalized spacial score (nSPS) is 11.2. The van der Waals surface area contributed by atoms with Gasteiger partial charge in [0.05, 0.1) is 23.8 Å². The Bertz CT molecular complexity index is 1100. The predicted molar refractivity (Wildman–Crippen MR) is 90.6 cm³/mol. The molecular formula is C15H14N8O. The number of imidazole rings is 1. The van der Waals surface area contributed by atoms with Crippen LogP contribution in [0.2, 0.25) is 0 Å². The Morgan fingerprint density at radius 1 is 1.21 bits per heavy atom. The van der Waals surface area contributed by atoms with Crippen LogP contribution in [0.5, 0.6) is 0 Å². The molecule has 120 valence electrons. The maximum atomic E-state index is 12.2. The summed E-state index contributed by atoms with van der Waals surface area (Å²) < 4.78 is 0. The minimum Gasteiger partial charge on any atom is -0.368 e. The van der Waals surface area contributed by atoms with Gasteiger partial charge in [-0.1, -0.05) is 12.1 Å². The molecule has 4 aromatic rings. The maximum Gasteiger partial charge on any atom is 0.258 e. The van der Waals surface area contributed by atoms with E-state index in [1.807, 2.05) is 30.1 Å². The van der Waals surface area contributed by atoms with E-state index >= 15 is 0 Å². The highest BCUT2D eigenvalue weighted by Gasteiger charge is 2.14. The fourth-order valence-electron chi connectivity index (χ4n) is 2.62. The van der Waals surface area contributed by atoms with Gasteiger partial charge in [0.2, 0.25) is 5.95 Å². The highest BCUT2D eigenvalue weighted by Crippen LogP contribution is 2.21. The van der Waals surface area contributed by atoms with Crippen LogP contribution in [0.15, 0.2) is 35.4 Å². The van der Waals surface area contributed by atoms with E-state index in [4.69, 9.17) is 5.73 Å². The lowest BCUT2D eigenvalue weighted by Crippen LogP contribution is -2.23. The van der Waals surface area contributed by atoms with E-state index in [-0.39, 0.29) is 11.5 Å². The summed E-state index contributed by atoms with van der Waals surface area (Å²) in [4.78, 5) is 36.7. The zero-order chi connectivity index (χ0) is 16.7. The number of rotatable bonds is 3. The summed E-state index contributed by atoms with van der Waals surface area (Å²) >= 11 is 0. The van der Waals surface area contributed by atoms with Crippen molar-refractivity contribution in [3.63, 3.8) is 0 Å². The number of aromatic nitrogens is 6. The van der Waals surface area contributed by atoms with Crippen LogP contribution in [0, 0.1) is 0 Å². The number of hydrogen-bond donors (Lipinski definition) is 3. The summed E-state index contributed by atoms with van der Waals surface area (Å²) in [7, 11) is 1.83. The molecule has 0 aliphatic heterocycles. The van der Waals surface area contributed by atoms with Gasteiger partial charge in [-0.25, -0.2) is 9.97 Å². The number of fused-ring (bicyclic) bond motifs is 2. The number of nitrogens with zero attached hydrogens (tertiary/aromatic N) is 5. The first kappa shape index (κ1) is 14.1. The molecule has 3 aromatic heterocycles. The fraction of sp³-hybridized carbons (Fsp3) is 0.133. The molecule has 0 spiro atoms. The first-order valence-corrected chi connectivity index (χ1v) is 7.27. The van der Waals surface area contributed by atoms with Crippen molar-refractivity contribution in [1.29, 1.82) is 0 Å². The Morgan fingerprint density at radius 3 is 2.92 bits per heavy atom. The molecule has 0 amide bonds. The summed E-state index contributed by atoms with van der Waals surface area (Å²) in [6, 6.07) is 7.21. The predicted octanol–water partition coefficient (Wildman–Crippen LogP) is 0.808. The Kier molecular flexibility index (Phi) is 3.12. The van der Waals surface area contributed by atoms with Crippen LogP contribution in [-0.2, 0) is 6.54 Å². The molecule has 24 heavy (non-hydrogen) atoms. The number of nitrogens with one attached hydrogen (secondary N) is 2. The number of benzene rings is 1. The van der Waals surface area contributed by atoms with Crippen LogP contribution in [-0.4, -0.2) is 37.0 Å². The van der Waals surface area contributed by atoms with Gasteiger partial charge in [0, 0.05) is 7.05 Å². The molecule has 0 aliphatic carbocycles. The monoisotopic (exact) mass is 322 g/mol. The summed E-state index contributed by atoms with van der Waals surface area (Å²) in [5.41, 5.74) is 7.39. The van der Waals surface area contributed by atoms with E-state index < -0.39 is 0 Å². The second kappa shape index (κ2) is 5.30. The minimum atomic E-state index is -0.169. The van der Waals surface area contributed by atoms with E-state index in [9.17, 15) is 4.79 Å². The second-order valence-electron chi connectivity index (χ2n) is 5.39. The molecule has 0 saturated heterocycles. The van der Waals surface area contributed by atoms with Crippen molar-refractivity contribution in [2.75, 3.05) is 17.7 Å². The number of H-pyrrole nitrogens is 2. The van der Waals surface area contributed by atoms with Crippen LogP contribution >= 0.6 is 0 Å². The molecule has 1 aromatic carbocycles. The molecular weight excluding hydrogens is 308 g/mol. The van der Waals surface area contributed by atoms with Gasteiger partial charge in [-0.05, 0) is 12.1 Å². The van der Waals surface area contributed by atoms with E-state index in [1.165, 1.54) is 6.33 Å². The highest BCUT2D eigenvalue weighted by molar-refractivity contribution is 5.84. The average Bonchev–Trinajstić information content (AvgIpc) is 3.02. The second-order valence-corrected chi connectivity index (χ2v) is 5.39. The molecule has 0 fully saturated rings. The number of nitrogen functional groups attached to an aromatic ring is 1. The van der Waals surface area contributed by atoms with E-state index in [0.717, 1.165) is 0 Å². The average molecular weight is 322 g/mol. The molecule has 9 nitrogen and oxygen atoms in total. The van der Waals surface area contributed by atoms with Gasteiger partial charge in [-0.3, -0.25) is 4.79 Å². The van der Waals surface area contributed by atoms with Gasteiger partial charge in [0.15, 0.2) is 11.5 Å². The van der Waals surface area contributed by atoms with Gasteiger partial charge in [-0.2, -0.15) is 9.97 Å². The molecule has 9 heteroatoms. The Balaban J connectivity index is 1.74. The van der Waals surface area contributed by atoms with Crippen molar-refractivity contribution in [1.82, 2.24) is 29.9 Å². The van der Waals surface area contributed by atoms with Crippen molar-refractivity contribution in [3.05, 3.63) is 46.8 Å². The SMILES string of the molecule is CN(Cc1nc2ccccc2c(=O)[nH]1)c1nc(N)nc2nc[nH]c12. The van der Waals surface area contributed by atoms with Crippen molar-refractivity contribution in [3.8, 4) is 0 Å². The largest absolute Gasteiger partial charge is 0.368 e. The topological polar surface area (TPSA) is 129 Å². The lowest BCUT2D eigenvalue weighted by atomic mass is 10.2. The zero-order valence-electron chi connectivity index (χ0n) is 12.8. The summed E-state index contributed by atoms with van der Waals surface area (Å²) in [6.45, 7) is 0.352. The minimum absolute atomic E-state index is 0.136. The molecule has 0 unspecified atom stereocenters. The summed E-state index contributed by atoms with van der Waals surface area (Å²) in [5.74, 6) is 1.26. The summed E-state index contributed by atoms with van der Waals surface area (Å²) in [6.07, 6.45) is 1.53. The van der Waals surface area contributed by atoms with Crippen molar-refractivity contribution in [2.24, 2.45) is 0 Å². The molecule has 0 bridgehead atoms. The Hall–Kier alpha value is -3.49. The number of hydrogen-bond acceptors (Lipinski definition) is 7. The smallest absolute Gasteiger partial charge is 0.258 e. The molecule has 4 N–H and O–H groups in total. The fourth-order valence-corrected chi connectivity index (χ4v) is 2.62. The van der Waals surface area contributed by atoms with Crippen LogP contribution in [0.1, 0.15) is 5.82 Å². The Labute approximate surface area is 135 Å². The summed E-state index contributed by atoms with van der Waals surface area (Å²) in [5, 5.41) is 0.561. The number of aromatic amines is 2. The Morgan fingerprint density at radius 2 is 2.04 bits per heavy atom. The number of nitrogens with two attached hydrogens (primary N) is 1. The third kappa shape index (κ3) is 2.32.